The van der Waals surface area contributed by atoms with E-state index in [1.54, 1.807) is 0 Å². The molecular weight excluding hydrogens is 399 g/mol. The largest absolute Gasteiger partial charge is 0.357 e. The summed E-state index contributed by atoms with van der Waals surface area (Å²) in [6, 6.07) is 10.8. The highest BCUT2D eigenvalue weighted by Crippen LogP contribution is 2.28. The Bertz CT molecular complexity index is 479. The molecule has 4 nitrogen and oxygen atoms in total. The summed E-state index contributed by atoms with van der Waals surface area (Å²) in [6.07, 6.45) is 2.74. The minimum absolute atomic E-state index is 0. The van der Waals surface area contributed by atoms with Gasteiger partial charge in [-0.2, -0.15) is 0 Å². The van der Waals surface area contributed by atoms with E-state index in [2.05, 4.69) is 52.4 Å². The van der Waals surface area contributed by atoms with Crippen molar-refractivity contribution in [2.24, 2.45) is 10.9 Å². The highest BCUT2D eigenvalue weighted by atomic mass is 127. The first-order valence-electron chi connectivity index (χ1n) is 8.64. The molecule has 1 saturated carbocycles. The second kappa shape index (κ2) is 9.47. The van der Waals surface area contributed by atoms with Crippen LogP contribution in [0.3, 0.4) is 0 Å². The van der Waals surface area contributed by atoms with Crippen molar-refractivity contribution in [2.75, 3.05) is 39.3 Å². The van der Waals surface area contributed by atoms with Crippen molar-refractivity contribution in [1.82, 2.24) is 15.1 Å². The molecule has 2 aliphatic rings. The van der Waals surface area contributed by atoms with Gasteiger partial charge in [0.1, 0.15) is 0 Å². The van der Waals surface area contributed by atoms with Gasteiger partial charge in [-0.1, -0.05) is 30.3 Å². The molecule has 0 spiro atoms. The number of benzene rings is 1. The lowest BCUT2D eigenvalue weighted by Crippen LogP contribution is -2.52. The van der Waals surface area contributed by atoms with Crippen LogP contribution in [-0.4, -0.2) is 55.0 Å². The zero-order valence-electron chi connectivity index (χ0n) is 14.1. The van der Waals surface area contributed by atoms with E-state index < -0.39 is 0 Å². The smallest absolute Gasteiger partial charge is 0.194 e. The number of hydrogen-bond acceptors (Lipinski definition) is 2. The number of nitrogens with zero attached hydrogens (tertiary/aromatic N) is 3. The van der Waals surface area contributed by atoms with E-state index in [0.717, 1.165) is 57.7 Å². The zero-order valence-corrected chi connectivity index (χ0v) is 16.4. The Balaban J connectivity index is 0.00000192. The van der Waals surface area contributed by atoms with Gasteiger partial charge in [-0.15, -0.1) is 24.0 Å². The molecule has 0 aromatic heterocycles. The lowest BCUT2D eigenvalue weighted by molar-refractivity contribution is 0.172. The van der Waals surface area contributed by atoms with Crippen molar-refractivity contribution < 1.29 is 0 Å². The number of guanidine groups is 1. The maximum Gasteiger partial charge on any atom is 0.194 e. The van der Waals surface area contributed by atoms with E-state index in [9.17, 15) is 0 Å². The Hall–Kier alpha value is -0.820. The number of piperazine rings is 1. The average Bonchev–Trinajstić information content (AvgIpc) is 3.38. The SMILES string of the molecule is CCNC(=NCC1CC1)N1CCN(Cc2ccccc2)CC1.I. The Kier molecular flexibility index (Phi) is 7.62. The summed E-state index contributed by atoms with van der Waals surface area (Å²) in [4.78, 5) is 9.78. The minimum Gasteiger partial charge on any atom is -0.357 e. The molecule has 2 fully saturated rings. The molecule has 1 aliphatic heterocycles. The van der Waals surface area contributed by atoms with Crippen LogP contribution < -0.4 is 5.32 Å². The van der Waals surface area contributed by atoms with Crippen LogP contribution in [0.1, 0.15) is 25.3 Å². The average molecular weight is 428 g/mol. The van der Waals surface area contributed by atoms with Gasteiger partial charge < -0.3 is 10.2 Å². The Morgan fingerprint density at radius 3 is 2.43 bits per heavy atom. The number of aliphatic imine (C=N–C) groups is 1. The van der Waals surface area contributed by atoms with E-state index in [1.807, 2.05) is 0 Å². The summed E-state index contributed by atoms with van der Waals surface area (Å²) >= 11 is 0. The highest BCUT2D eigenvalue weighted by molar-refractivity contribution is 14.0. The summed E-state index contributed by atoms with van der Waals surface area (Å²) in [5.74, 6) is 1.97. The molecule has 5 heteroatoms. The molecule has 0 amide bonds. The van der Waals surface area contributed by atoms with Crippen LogP contribution in [-0.2, 0) is 6.54 Å². The van der Waals surface area contributed by atoms with E-state index in [1.165, 1.54) is 18.4 Å². The molecule has 1 saturated heterocycles. The van der Waals surface area contributed by atoms with E-state index in [-0.39, 0.29) is 24.0 Å². The molecule has 128 valence electrons. The van der Waals surface area contributed by atoms with Gasteiger partial charge in [0.2, 0.25) is 0 Å². The third kappa shape index (κ3) is 5.95. The van der Waals surface area contributed by atoms with Crippen LogP contribution >= 0.6 is 24.0 Å². The van der Waals surface area contributed by atoms with Gasteiger partial charge in [0.05, 0.1) is 0 Å². The quantitative estimate of drug-likeness (QED) is 0.445. The van der Waals surface area contributed by atoms with Crippen molar-refractivity contribution in [3.05, 3.63) is 35.9 Å². The number of halogens is 1. The molecular formula is C18H29IN4. The maximum absolute atomic E-state index is 4.82. The van der Waals surface area contributed by atoms with Crippen molar-refractivity contribution in [3.8, 4) is 0 Å². The summed E-state index contributed by atoms with van der Waals surface area (Å²) in [7, 11) is 0. The molecule has 0 radical (unpaired) electrons. The normalized spacial score (nSPS) is 19.3. The zero-order chi connectivity index (χ0) is 15.2. The van der Waals surface area contributed by atoms with Crippen LogP contribution in [0.5, 0.6) is 0 Å². The van der Waals surface area contributed by atoms with Gasteiger partial charge in [-0.3, -0.25) is 9.89 Å². The first-order valence-corrected chi connectivity index (χ1v) is 8.64. The molecule has 1 aliphatic carbocycles. The molecule has 1 aromatic carbocycles. The summed E-state index contributed by atoms with van der Waals surface area (Å²) < 4.78 is 0. The van der Waals surface area contributed by atoms with Crippen molar-refractivity contribution in [1.29, 1.82) is 0 Å². The Labute approximate surface area is 157 Å². The van der Waals surface area contributed by atoms with E-state index in [0.29, 0.717) is 0 Å². The van der Waals surface area contributed by atoms with Crippen LogP contribution in [0.15, 0.2) is 35.3 Å². The monoisotopic (exact) mass is 428 g/mol. The van der Waals surface area contributed by atoms with Gasteiger partial charge in [-0.05, 0) is 31.2 Å². The fourth-order valence-corrected chi connectivity index (χ4v) is 2.90. The van der Waals surface area contributed by atoms with E-state index >= 15 is 0 Å². The first-order chi connectivity index (χ1) is 10.8. The van der Waals surface area contributed by atoms with Gasteiger partial charge >= 0.3 is 0 Å². The van der Waals surface area contributed by atoms with E-state index in [4.69, 9.17) is 4.99 Å². The predicted molar refractivity (Wildman–Crippen MR) is 107 cm³/mol. The fraction of sp³-hybridized carbons (Fsp3) is 0.611. The van der Waals surface area contributed by atoms with Crippen LogP contribution in [0.4, 0.5) is 0 Å². The lowest BCUT2D eigenvalue weighted by Gasteiger charge is -2.36. The maximum atomic E-state index is 4.82. The molecule has 0 bridgehead atoms. The van der Waals surface area contributed by atoms with Gasteiger partial charge in [0.25, 0.3) is 0 Å². The van der Waals surface area contributed by atoms with Crippen molar-refractivity contribution >= 4 is 29.9 Å². The fourth-order valence-electron chi connectivity index (χ4n) is 2.90. The van der Waals surface area contributed by atoms with Crippen LogP contribution in [0, 0.1) is 5.92 Å². The van der Waals surface area contributed by atoms with Gasteiger partial charge in [0.15, 0.2) is 5.96 Å². The molecule has 1 aromatic rings. The molecule has 23 heavy (non-hydrogen) atoms. The summed E-state index contributed by atoms with van der Waals surface area (Å²) in [5, 5.41) is 3.46. The van der Waals surface area contributed by atoms with Crippen molar-refractivity contribution in [2.45, 2.75) is 26.3 Å². The third-order valence-electron chi connectivity index (χ3n) is 4.45. The Morgan fingerprint density at radius 2 is 1.83 bits per heavy atom. The molecule has 0 atom stereocenters. The molecule has 1 N–H and O–H groups in total. The summed E-state index contributed by atoms with van der Waals surface area (Å²) in [5.41, 5.74) is 1.41. The second-order valence-corrected chi connectivity index (χ2v) is 6.39. The highest BCUT2D eigenvalue weighted by Gasteiger charge is 2.23. The molecule has 3 rings (SSSR count). The Morgan fingerprint density at radius 1 is 1.13 bits per heavy atom. The topological polar surface area (TPSA) is 30.9 Å². The lowest BCUT2D eigenvalue weighted by atomic mass is 10.2. The summed E-state index contributed by atoms with van der Waals surface area (Å²) in [6.45, 7) is 9.54. The molecule has 0 unspecified atom stereocenters. The first kappa shape index (κ1) is 18.5. The number of rotatable bonds is 5. The predicted octanol–water partition coefficient (Wildman–Crippen LogP) is 2.80. The number of hydrogen-bond donors (Lipinski definition) is 1. The van der Waals surface area contributed by atoms with Gasteiger partial charge in [0, 0.05) is 45.8 Å². The van der Waals surface area contributed by atoms with Gasteiger partial charge in [-0.25, -0.2) is 0 Å². The van der Waals surface area contributed by atoms with Crippen molar-refractivity contribution in [3.63, 3.8) is 0 Å². The standard InChI is InChI=1S/C18H28N4.HI/c1-2-19-18(20-14-16-8-9-16)22-12-10-21(11-13-22)15-17-6-4-3-5-7-17;/h3-7,16H,2,8-15H2,1H3,(H,19,20);1H. The van der Waals surface area contributed by atoms with Crippen LogP contribution in [0.2, 0.25) is 0 Å². The minimum atomic E-state index is 0. The van der Waals surface area contributed by atoms with Crippen LogP contribution in [0.25, 0.3) is 0 Å². The second-order valence-electron chi connectivity index (χ2n) is 6.39. The molecule has 1 heterocycles. The third-order valence-corrected chi connectivity index (χ3v) is 4.45. The number of nitrogens with one attached hydrogen (secondary N) is 1.